The third-order valence-corrected chi connectivity index (χ3v) is 8.17. The minimum absolute atomic E-state index is 0.0459. The molecule has 35 heavy (non-hydrogen) atoms. The second-order valence-corrected chi connectivity index (χ2v) is 10.9. The van der Waals surface area contributed by atoms with Crippen molar-refractivity contribution in [2.75, 3.05) is 12.4 Å². The molecule has 3 amide bonds. The first-order valence-corrected chi connectivity index (χ1v) is 12.6. The van der Waals surface area contributed by atoms with Gasteiger partial charge in [0.1, 0.15) is 16.7 Å². The predicted octanol–water partition coefficient (Wildman–Crippen LogP) is 3.47. The first kappa shape index (κ1) is 24.9. The number of phenolic OH excluding ortho intramolecular Hbond substituents is 1. The summed E-state index contributed by atoms with van der Waals surface area (Å²) in [5.74, 6) is -0.100. The monoisotopic (exact) mass is 493 g/mol. The molecule has 2 aliphatic heterocycles. The SMILES string of the molecule is C=C(C)CN1C(=O)[C@H]2N(C(=O)C[C@H](Cc3ccccc3)NC(=O)c3cccc(O)c3C)CSC21C. The molecule has 2 N–H and O–H groups in total. The van der Waals surface area contributed by atoms with Crippen molar-refractivity contribution in [3.63, 3.8) is 0 Å². The number of benzene rings is 2. The van der Waals surface area contributed by atoms with Gasteiger partial charge >= 0.3 is 0 Å². The van der Waals surface area contributed by atoms with Gasteiger partial charge in [0.2, 0.25) is 11.8 Å². The topological polar surface area (TPSA) is 90.0 Å². The van der Waals surface area contributed by atoms with Gasteiger partial charge in [-0.25, -0.2) is 0 Å². The first-order valence-electron chi connectivity index (χ1n) is 11.6. The number of nitrogens with one attached hydrogen (secondary N) is 1. The quantitative estimate of drug-likeness (QED) is 0.434. The Morgan fingerprint density at radius 3 is 2.63 bits per heavy atom. The molecule has 1 unspecified atom stereocenters. The second kappa shape index (κ2) is 9.77. The third-order valence-electron chi connectivity index (χ3n) is 6.73. The van der Waals surface area contributed by atoms with E-state index in [0.717, 1.165) is 11.1 Å². The molecule has 2 fully saturated rings. The average Bonchev–Trinajstić information content (AvgIpc) is 3.13. The van der Waals surface area contributed by atoms with Crippen LogP contribution in [-0.4, -0.2) is 62.0 Å². The second-order valence-electron chi connectivity index (χ2n) is 9.49. The molecule has 0 bridgehead atoms. The Morgan fingerprint density at radius 1 is 1.23 bits per heavy atom. The smallest absolute Gasteiger partial charge is 0.251 e. The number of carbonyl (C=O) groups excluding carboxylic acids is 3. The van der Waals surface area contributed by atoms with Crippen LogP contribution in [-0.2, 0) is 16.0 Å². The van der Waals surface area contributed by atoms with Crippen LogP contribution >= 0.6 is 11.8 Å². The molecule has 7 nitrogen and oxygen atoms in total. The van der Waals surface area contributed by atoms with E-state index in [-0.39, 0.29) is 29.9 Å². The molecule has 2 aromatic rings. The van der Waals surface area contributed by atoms with Gasteiger partial charge in [-0.2, -0.15) is 0 Å². The van der Waals surface area contributed by atoms with Crippen molar-refractivity contribution >= 4 is 29.5 Å². The number of amides is 3. The zero-order valence-corrected chi connectivity index (χ0v) is 21.1. The Hall–Kier alpha value is -3.26. The molecule has 0 spiro atoms. The van der Waals surface area contributed by atoms with Crippen LogP contribution < -0.4 is 5.32 Å². The minimum Gasteiger partial charge on any atom is -0.508 e. The van der Waals surface area contributed by atoms with Gasteiger partial charge in [0.05, 0.1) is 5.88 Å². The van der Waals surface area contributed by atoms with Crippen molar-refractivity contribution in [2.45, 2.75) is 50.6 Å². The lowest BCUT2D eigenvalue weighted by Crippen LogP contribution is -2.73. The summed E-state index contributed by atoms with van der Waals surface area (Å²) < 4.78 is 0. The van der Waals surface area contributed by atoms with Crippen molar-refractivity contribution < 1.29 is 19.5 Å². The zero-order valence-electron chi connectivity index (χ0n) is 20.3. The Labute approximate surface area is 210 Å². The predicted molar refractivity (Wildman–Crippen MR) is 137 cm³/mol. The number of aromatic hydroxyl groups is 1. The molecule has 2 heterocycles. The van der Waals surface area contributed by atoms with Crippen molar-refractivity contribution in [3.05, 3.63) is 77.4 Å². The van der Waals surface area contributed by atoms with Gasteiger partial charge in [0.25, 0.3) is 5.91 Å². The summed E-state index contributed by atoms with van der Waals surface area (Å²) in [6.07, 6.45) is 0.536. The van der Waals surface area contributed by atoms with E-state index >= 15 is 0 Å². The molecule has 3 atom stereocenters. The van der Waals surface area contributed by atoms with E-state index in [1.54, 1.807) is 40.6 Å². The van der Waals surface area contributed by atoms with E-state index in [9.17, 15) is 19.5 Å². The number of fused-ring (bicyclic) bond motifs is 1. The fourth-order valence-electron chi connectivity index (χ4n) is 4.79. The fraction of sp³-hybridized carbons (Fsp3) is 0.370. The lowest BCUT2D eigenvalue weighted by molar-refractivity contribution is -0.163. The number of β-lactam (4-membered cyclic amide) rings is 1. The summed E-state index contributed by atoms with van der Waals surface area (Å²) >= 11 is 1.58. The number of carbonyl (C=O) groups is 3. The number of thioether (sulfide) groups is 1. The molecule has 184 valence electrons. The molecule has 2 aromatic carbocycles. The van der Waals surface area contributed by atoms with Crippen LogP contribution in [0.5, 0.6) is 5.75 Å². The summed E-state index contributed by atoms with van der Waals surface area (Å²) in [6, 6.07) is 13.5. The molecular weight excluding hydrogens is 462 g/mol. The van der Waals surface area contributed by atoms with Gasteiger partial charge < -0.3 is 20.2 Å². The minimum atomic E-state index is -0.499. The lowest BCUT2D eigenvalue weighted by Gasteiger charge is -2.52. The van der Waals surface area contributed by atoms with Crippen LogP contribution in [0.1, 0.15) is 41.8 Å². The summed E-state index contributed by atoms with van der Waals surface area (Å²) in [4.78, 5) is 42.4. The molecule has 0 radical (unpaired) electrons. The normalized spacial score (nSPS) is 21.8. The van der Waals surface area contributed by atoms with Crippen molar-refractivity contribution in [1.82, 2.24) is 15.1 Å². The van der Waals surface area contributed by atoms with E-state index in [1.165, 1.54) is 6.07 Å². The van der Waals surface area contributed by atoms with E-state index in [4.69, 9.17) is 0 Å². The van der Waals surface area contributed by atoms with E-state index in [2.05, 4.69) is 11.9 Å². The molecule has 0 aliphatic carbocycles. The van der Waals surface area contributed by atoms with Crippen molar-refractivity contribution in [2.24, 2.45) is 0 Å². The molecule has 0 aromatic heterocycles. The van der Waals surface area contributed by atoms with Crippen LogP contribution in [0.2, 0.25) is 0 Å². The highest BCUT2D eigenvalue weighted by molar-refractivity contribution is 8.01. The number of phenols is 1. The number of hydrogen-bond acceptors (Lipinski definition) is 5. The van der Waals surface area contributed by atoms with Crippen LogP contribution in [0, 0.1) is 6.92 Å². The maximum atomic E-state index is 13.4. The average molecular weight is 494 g/mol. The van der Waals surface area contributed by atoms with E-state index in [0.29, 0.717) is 30.0 Å². The Morgan fingerprint density at radius 2 is 1.94 bits per heavy atom. The van der Waals surface area contributed by atoms with Crippen molar-refractivity contribution in [3.8, 4) is 5.75 Å². The zero-order chi connectivity index (χ0) is 25.3. The van der Waals surface area contributed by atoms with Crippen molar-refractivity contribution in [1.29, 1.82) is 0 Å². The Balaban J connectivity index is 1.51. The molecule has 4 rings (SSSR count). The first-order chi connectivity index (χ1) is 16.6. The van der Waals surface area contributed by atoms with Crippen LogP contribution in [0.4, 0.5) is 0 Å². The summed E-state index contributed by atoms with van der Waals surface area (Å²) in [5.41, 5.74) is 2.74. The van der Waals surface area contributed by atoms with Crippen LogP contribution in [0.25, 0.3) is 0 Å². The number of nitrogens with zero attached hydrogens (tertiary/aromatic N) is 2. The summed E-state index contributed by atoms with van der Waals surface area (Å²) in [6.45, 7) is 9.96. The fourth-order valence-corrected chi connectivity index (χ4v) is 6.18. The van der Waals surface area contributed by atoms with E-state index in [1.807, 2.05) is 44.2 Å². The third kappa shape index (κ3) is 4.80. The highest BCUT2D eigenvalue weighted by atomic mass is 32.2. The van der Waals surface area contributed by atoms with Gasteiger partial charge in [0.15, 0.2) is 0 Å². The Bertz CT molecular complexity index is 1170. The maximum absolute atomic E-state index is 13.4. The highest BCUT2D eigenvalue weighted by Gasteiger charge is 2.64. The number of likely N-dealkylation sites (tertiary alicyclic amines) is 1. The molecule has 2 aliphatic rings. The maximum Gasteiger partial charge on any atom is 0.251 e. The van der Waals surface area contributed by atoms with Gasteiger partial charge in [-0.1, -0.05) is 48.6 Å². The Kier molecular flexibility index (Phi) is 6.94. The molecule has 8 heteroatoms. The van der Waals surface area contributed by atoms with Gasteiger partial charge in [0, 0.05) is 30.1 Å². The van der Waals surface area contributed by atoms with Gasteiger partial charge in [-0.05, 0) is 44.9 Å². The van der Waals surface area contributed by atoms with Gasteiger partial charge in [-0.3, -0.25) is 14.4 Å². The highest BCUT2D eigenvalue weighted by Crippen LogP contribution is 2.50. The molecular formula is C27H31N3O4S. The molecule has 2 saturated heterocycles. The van der Waals surface area contributed by atoms with Crippen LogP contribution in [0.15, 0.2) is 60.7 Å². The standard InChI is InChI=1S/C27H31N3O4S/c1-17(2)15-30-26(34)24-27(30,4)35-16-29(24)23(32)14-20(13-19-9-6-5-7-10-19)28-25(33)21-11-8-12-22(31)18(21)3/h5-12,20,24,31H,1,13-16H2,2-4H3,(H,28,33)/t20-,24+,27?/m0/s1. The van der Waals surface area contributed by atoms with Crippen LogP contribution in [0.3, 0.4) is 0 Å². The summed E-state index contributed by atoms with van der Waals surface area (Å²) in [7, 11) is 0. The van der Waals surface area contributed by atoms with Gasteiger partial charge in [-0.15, -0.1) is 11.8 Å². The number of rotatable bonds is 8. The lowest BCUT2D eigenvalue weighted by atomic mass is 9.93. The molecule has 0 saturated carbocycles. The largest absolute Gasteiger partial charge is 0.508 e. The number of hydrogen-bond donors (Lipinski definition) is 2. The van der Waals surface area contributed by atoms with E-state index < -0.39 is 17.0 Å². The summed E-state index contributed by atoms with van der Waals surface area (Å²) in [5, 5.41) is 13.0.